The lowest BCUT2D eigenvalue weighted by molar-refractivity contribution is 0.200. The van der Waals surface area contributed by atoms with E-state index in [9.17, 15) is 13.7 Å². The SMILES string of the molecule is Cc1cc(C)c(C#N)c(N2CCN(C3CCS(=O)(=O)C3)CC2)n1. The van der Waals surface area contributed by atoms with Crippen molar-refractivity contribution in [1.29, 1.82) is 5.26 Å². The highest BCUT2D eigenvalue weighted by Crippen LogP contribution is 2.25. The number of hydrogen-bond donors (Lipinski definition) is 0. The van der Waals surface area contributed by atoms with E-state index in [1.54, 1.807) is 0 Å². The maximum absolute atomic E-state index is 11.6. The summed E-state index contributed by atoms with van der Waals surface area (Å²) in [6, 6.07) is 4.36. The number of rotatable bonds is 2. The maximum atomic E-state index is 11.6. The first-order valence-corrected chi connectivity index (χ1v) is 9.79. The molecule has 23 heavy (non-hydrogen) atoms. The van der Waals surface area contributed by atoms with Crippen molar-refractivity contribution in [1.82, 2.24) is 9.88 Å². The first kappa shape index (κ1) is 16.2. The Bertz CT molecular complexity index is 746. The quantitative estimate of drug-likeness (QED) is 0.799. The Morgan fingerprint density at radius 1 is 1.26 bits per heavy atom. The van der Waals surface area contributed by atoms with Crippen LogP contribution in [0.5, 0.6) is 0 Å². The Labute approximate surface area is 137 Å². The topological polar surface area (TPSA) is 77.3 Å². The third-order valence-electron chi connectivity index (χ3n) is 4.78. The molecule has 0 aromatic carbocycles. The van der Waals surface area contributed by atoms with Gasteiger partial charge in [0.2, 0.25) is 0 Å². The fraction of sp³-hybridized carbons (Fsp3) is 0.625. The van der Waals surface area contributed by atoms with Gasteiger partial charge in [-0.2, -0.15) is 5.26 Å². The fourth-order valence-corrected chi connectivity index (χ4v) is 5.31. The third kappa shape index (κ3) is 3.33. The molecular weight excluding hydrogens is 312 g/mol. The van der Waals surface area contributed by atoms with Crippen molar-refractivity contribution in [2.75, 3.05) is 42.6 Å². The number of hydrogen-bond acceptors (Lipinski definition) is 6. The van der Waals surface area contributed by atoms with Crippen LogP contribution in [-0.4, -0.2) is 62.0 Å². The van der Waals surface area contributed by atoms with Crippen LogP contribution in [0.4, 0.5) is 5.82 Å². The Kier molecular flexibility index (Phi) is 4.30. The van der Waals surface area contributed by atoms with E-state index in [1.165, 1.54) is 0 Å². The van der Waals surface area contributed by atoms with Crippen LogP contribution in [0.25, 0.3) is 0 Å². The van der Waals surface area contributed by atoms with E-state index >= 15 is 0 Å². The van der Waals surface area contributed by atoms with Crippen LogP contribution in [0.15, 0.2) is 6.07 Å². The minimum absolute atomic E-state index is 0.157. The lowest BCUT2D eigenvalue weighted by Crippen LogP contribution is -2.51. The average Bonchev–Trinajstić information content (AvgIpc) is 2.87. The largest absolute Gasteiger partial charge is 0.353 e. The van der Waals surface area contributed by atoms with Crippen LogP contribution in [0.2, 0.25) is 0 Å². The first-order chi connectivity index (χ1) is 10.9. The molecule has 1 atom stereocenters. The van der Waals surface area contributed by atoms with Crippen LogP contribution >= 0.6 is 0 Å². The van der Waals surface area contributed by atoms with E-state index < -0.39 is 9.84 Å². The molecule has 3 rings (SSSR count). The second-order valence-electron chi connectivity index (χ2n) is 6.47. The van der Waals surface area contributed by atoms with E-state index in [0.717, 1.165) is 49.7 Å². The first-order valence-electron chi connectivity index (χ1n) is 7.97. The molecule has 0 amide bonds. The van der Waals surface area contributed by atoms with Gasteiger partial charge in [0.15, 0.2) is 9.84 Å². The molecule has 0 saturated carbocycles. The van der Waals surface area contributed by atoms with Gasteiger partial charge in [0, 0.05) is 37.9 Å². The molecule has 0 spiro atoms. The number of nitrogens with zero attached hydrogens (tertiary/aromatic N) is 4. The number of aryl methyl sites for hydroxylation is 2. The fourth-order valence-electron chi connectivity index (χ4n) is 3.55. The van der Waals surface area contributed by atoms with Gasteiger partial charge in [-0.25, -0.2) is 13.4 Å². The van der Waals surface area contributed by atoms with Crippen LogP contribution in [0, 0.1) is 25.2 Å². The number of sulfone groups is 1. The molecule has 1 unspecified atom stereocenters. The molecule has 124 valence electrons. The minimum Gasteiger partial charge on any atom is -0.353 e. The summed E-state index contributed by atoms with van der Waals surface area (Å²) in [5.41, 5.74) is 2.52. The molecule has 2 fully saturated rings. The molecule has 1 aromatic rings. The summed E-state index contributed by atoms with van der Waals surface area (Å²) < 4.78 is 23.3. The maximum Gasteiger partial charge on any atom is 0.151 e. The number of anilines is 1. The van der Waals surface area contributed by atoms with Crippen molar-refractivity contribution in [3.8, 4) is 6.07 Å². The predicted octanol–water partition coefficient (Wildman–Crippen LogP) is 0.879. The number of aromatic nitrogens is 1. The normalized spacial score (nSPS) is 24.6. The molecule has 1 aromatic heterocycles. The second-order valence-corrected chi connectivity index (χ2v) is 8.70. The highest BCUT2D eigenvalue weighted by Gasteiger charge is 2.34. The smallest absolute Gasteiger partial charge is 0.151 e. The molecule has 2 saturated heterocycles. The van der Waals surface area contributed by atoms with Gasteiger partial charge in [-0.3, -0.25) is 4.90 Å². The molecular formula is C16H22N4O2S. The predicted molar refractivity (Wildman–Crippen MR) is 89.3 cm³/mol. The van der Waals surface area contributed by atoms with E-state index in [2.05, 4.69) is 20.9 Å². The van der Waals surface area contributed by atoms with Crippen molar-refractivity contribution in [2.24, 2.45) is 0 Å². The Hall–Kier alpha value is -1.65. The number of pyridine rings is 1. The van der Waals surface area contributed by atoms with E-state index in [1.807, 2.05) is 19.9 Å². The number of nitriles is 1. The standard InChI is InChI=1S/C16H22N4O2S/c1-12-9-13(2)18-16(15(12)10-17)20-6-4-19(5-7-20)14-3-8-23(21,22)11-14/h9,14H,3-8,11H2,1-2H3. The summed E-state index contributed by atoms with van der Waals surface area (Å²) in [4.78, 5) is 8.99. The summed E-state index contributed by atoms with van der Waals surface area (Å²) in [5.74, 6) is 1.37. The van der Waals surface area contributed by atoms with Crippen molar-refractivity contribution in [3.63, 3.8) is 0 Å². The van der Waals surface area contributed by atoms with E-state index in [-0.39, 0.29) is 11.8 Å². The molecule has 0 radical (unpaired) electrons. The molecule has 0 N–H and O–H groups in total. The van der Waals surface area contributed by atoms with E-state index in [4.69, 9.17) is 0 Å². The van der Waals surface area contributed by atoms with Crippen LogP contribution in [0.1, 0.15) is 23.2 Å². The molecule has 0 aliphatic carbocycles. The molecule has 7 heteroatoms. The minimum atomic E-state index is -2.84. The van der Waals surface area contributed by atoms with Gasteiger partial charge in [-0.1, -0.05) is 0 Å². The monoisotopic (exact) mass is 334 g/mol. The van der Waals surface area contributed by atoms with E-state index in [0.29, 0.717) is 11.3 Å². The van der Waals surface area contributed by atoms with Gasteiger partial charge >= 0.3 is 0 Å². The van der Waals surface area contributed by atoms with Crippen molar-refractivity contribution in [2.45, 2.75) is 26.3 Å². The summed E-state index contributed by atoms with van der Waals surface area (Å²) in [6.45, 7) is 7.08. The highest BCUT2D eigenvalue weighted by molar-refractivity contribution is 7.91. The summed E-state index contributed by atoms with van der Waals surface area (Å²) in [6.07, 6.45) is 0.744. The van der Waals surface area contributed by atoms with Crippen molar-refractivity contribution in [3.05, 3.63) is 22.9 Å². The lowest BCUT2D eigenvalue weighted by Gasteiger charge is -2.38. The zero-order chi connectivity index (χ0) is 16.6. The van der Waals surface area contributed by atoms with Gasteiger partial charge in [-0.05, 0) is 31.9 Å². The molecule has 0 bridgehead atoms. The van der Waals surface area contributed by atoms with Gasteiger partial charge in [-0.15, -0.1) is 0 Å². The van der Waals surface area contributed by atoms with Crippen LogP contribution in [0.3, 0.4) is 0 Å². The van der Waals surface area contributed by atoms with Crippen molar-refractivity contribution >= 4 is 15.7 Å². The summed E-state index contributed by atoms with van der Waals surface area (Å²) in [5, 5.41) is 9.41. The lowest BCUT2D eigenvalue weighted by atomic mass is 10.1. The average molecular weight is 334 g/mol. The van der Waals surface area contributed by atoms with Gasteiger partial charge in [0.05, 0.1) is 17.1 Å². The van der Waals surface area contributed by atoms with Gasteiger partial charge < -0.3 is 4.90 Å². The Morgan fingerprint density at radius 3 is 2.52 bits per heavy atom. The molecule has 2 aliphatic rings. The zero-order valence-electron chi connectivity index (χ0n) is 13.6. The highest BCUT2D eigenvalue weighted by atomic mass is 32.2. The second kappa shape index (κ2) is 6.10. The molecule has 6 nitrogen and oxygen atoms in total. The van der Waals surface area contributed by atoms with Crippen LogP contribution in [-0.2, 0) is 9.84 Å². The molecule has 3 heterocycles. The third-order valence-corrected chi connectivity index (χ3v) is 6.53. The van der Waals surface area contributed by atoms with Gasteiger partial charge in [0.25, 0.3) is 0 Å². The Morgan fingerprint density at radius 2 is 1.96 bits per heavy atom. The van der Waals surface area contributed by atoms with Crippen LogP contribution < -0.4 is 4.90 Å². The Balaban J connectivity index is 1.72. The zero-order valence-corrected chi connectivity index (χ0v) is 14.4. The van der Waals surface area contributed by atoms with Crippen molar-refractivity contribution < 1.29 is 8.42 Å². The van der Waals surface area contributed by atoms with Gasteiger partial charge in [0.1, 0.15) is 11.9 Å². The number of piperazine rings is 1. The summed E-state index contributed by atoms with van der Waals surface area (Å²) >= 11 is 0. The molecule has 2 aliphatic heterocycles. The summed E-state index contributed by atoms with van der Waals surface area (Å²) in [7, 11) is -2.84.